The van der Waals surface area contributed by atoms with Gasteiger partial charge in [-0.15, -0.1) is 0 Å². The maximum atomic E-state index is 5.87. The van der Waals surface area contributed by atoms with E-state index in [1.807, 2.05) is 19.4 Å². The lowest BCUT2D eigenvalue weighted by Crippen LogP contribution is -2.11. The van der Waals surface area contributed by atoms with Gasteiger partial charge in [0, 0.05) is 18.8 Å². The number of imidazole rings is 1. The lowest BCUT2D eigenvalue weighted by molar-refractivity contribution is 0.539. The molecule has 0 spiro atoms. The molecule has 3 nitrogen and oxygen atoms in total. The molecule has 0 radical (unpaired) electrons. The van der Waals surface area contributed by atoms with Crippen LogP contribution in [0.3, 0.4) is 0 Å². The van der Waals surface area contributed by atoms with Crippen LogP contribution in [0.5, 0.6) is 0 Å². The molecule has 0 aromatic carbocycles. The molecule has 0 saturated heterocycles. The van der Waals surface area contributed by atoms with Crippen molar-refractivity contribution in [3.63, 3.8) is 0 Å². The number of nitrogens with two attached hydrogens (primary N) is 1. The molecule has 0 aliphatic carbocycles. The summed E-state index contributed by atoms with van der Waals surface area (Å²) in [4.78, 5) is 4.15. The van der Waals surface area contributed by atoms with Gasteiger partial charge in [-0.3, -0.25) is 0 Å². The van der Waals surface area contributed by atoms with Gasteiger partial charge >= 0.3 is 0 Å². The van der Waals surface area contributed by atoms with Gasteiger partial charge in [-0.05, 0) is 13.3 Å². The Morgan fingerprint density at radius 1 is 1.25 bits per heavy atom. The molecular weight excluding hydrogens is 198 g/mol. The second-order valence-corrected chi connectivity index (χ2v) is 4.57. The Balaban J connectivity index is 2.19. The Morgan fingerprint density at radius 3 is 2.62 bits per heavy atom. The molecule has 1 aromatic rings. The number of unbranched alkanes of at least 4 members (excludes halogenated alkanes) is 5. The molecule has 16 heavy (non-hydrogen) atoms. The normalized spacial score (nSPS) is 12.9. The van der Waals surface area contributed by atoms with Gasteiger partial charge in [0.05, 0.1) is 12.0 Å². The fourth-order valence-electron chi connectivity index (χ4n) is 1.96. The Labute approximate surface area is 99.1 Å². The van der Waals surface area contributed by atoms with E-state index in [2.05, 4.69) is 16.5 Å². The molecule has 3 heteroatoms. The highest BCUT2D eigenvalue weighted by Gasteiger charge is 2.05. The topological polar surface area (TPSA) is 43.8 Å². The highest BCUT2D eigenvalue weighted by atomic mass is 15.1. The van der Waals surface area contributed by atoms with Crippen LogP contribution in [0.1, 0.15) is 64.1 Å². The molecule has 1 aromatic heterocycles. The zero-order valence-corrected chi connectivity index (χ0v) is 10.7. The second-order valence-electron chi connectivity index (χ2n) is 4.57. The van der Waals surface area contributed by atoms with Crippen LogP contribution in [0.4, 0.5) is 0 Å². The molecule has 0 amide bonds. The first-order valence-electron chi connectivity index (χ1n) is 6.51. The number of hydrogen-bond acceptors (Lipinski definition) is 2. The van der Waals surface area contributed by atoms with Crippen LogP contribution >= 0.6 is 0 Å². The van der Waals surface area contributed by atoms with E-state index in [0.29, 0.717) is 0 Å². The molecule has 0 bridgehead atoms. The van der Waals surface area contributed by atoms with Crippen molar-refractivity contribution in [2.75, 3.05) is 0 Å². The van der Waals surface area contributed by atoms with Crippen LogP contribution < -0.4 is 5.73 Å². The first-order valence-corrected chi connectivity index (χ1v) is 6.51. The van der Waals surface area contributed by atoms with Crippen LogP contribution in [0.25, 0.3) is 0 Å². The summed E-state index contributed by atoms with van der Waals surface area (Å²) < 4.78 is 2.19. The van der Waals surface area contributed by atoms with Crippen molar-refractivity contribution in [2.45, 2.75) is 65.0 Å². The second kappa shape index (κ2) is 7.44. The molecule has 0 fully saturated rings. The molecule has 1 heterocycles. The SMILES string of the molecule is CCCCCCCCn1cncc1[C@@H](C)N. The minimum Gasteiger partial charge on any atom is -0.333 e. The first kappa shape index (κ1) is 13.2. The Kier molecular flexibility index (Phi) is 6.16. The summed E-state index contributed by atoms with van der Waals surface area (Å²) in [5.41, 5.74) is 7.01. The van der Waals surface area contributed by atoms with Crippen molar-refractivity contribution in [3.8, 4) is 0 Å². The summed E-state index contributed by atoms with van der Waals surface area (Å²) in [5, 5.41) is 0. The molecule has 0 aliphatic heterocycles. The monoisotopic (exact) mass is 223 g/mol. The molecule has 0 aliphatic rings. The van der Waals surface area contributed by atoms with Crippen LogP contribution in [0.2, 0.25) is 0 Å². The van der Waals surface area contributed by atoms with Gasteiger partial charge in [0.15, 0.2) is 0 Å². The highest BCUT2D eigenvalue weighted by Crippen LogP contribution is 2.11. The summed E-state index contributed by atoms with van der Waals surface area (Å²) in [7, 11) is 0. The quantitative estimate of drug-likeness (QED) is 0.687. The molecule has 0 saturated carbocycles. The van der Waals surface area contributed by atoms with Crippen molar-refractivity contribution in [1.29, 1.82) is 0 Å². The number of aryl methyl sites for hydroxylation is 1. The van der Waals surface area contributed by atoms with E-state index in [0.717, 1.165) is 12.2 Å². The maximum Gasteiger partial charge on any atom is 0.0948 e. The Hall–Kier alpha value is -0.830. The van der Waals surface area contributed by atoms with Gasteiger partial charge in [0.1, 0.15) is 0 Å². The third-order valence-corrected chi connectivity index (χ3v) is 2.96. The molecule has 0 unspecified atom stereocenters. The van der Waals surface area contributed by atoms with Gasteiger partial charge in [-0.1, -0.05) is 39.0 Å². The smallest absolute Gasteiger partial charge is 0.0948 e. The number of aromatic nitrogens is 2. The van der Waals surface area contributed by atoms with E-state index in [4.69, 9.17) is 5.73 Å². The van der Waals surface area contributed by atoms with E-state index in [9.17, 15) is 0 Å². The lowest BCUT2D eigenvalue weighted by Gasteiger charge is -2.10. The fourth-order valence-corrected chi connectivity index (χ4v) is 1.96. The van der Waals surface area contributed by atoms with Gasteiger partial charge in [0.25, 0.3) is 0 Å². The predicted molar refractivity (Wildman–Crippen MR) is 68.2 cm³/mol. The number of rotatable bonds is 8. The first-order chi connectivity index (χ1) is 7.75. The zero-order valence-electron chi connectivity index (χ0n) is 10.7. The van der Waals surface area contributed by atoms with E-state index >= 15 is 0 Å². The third-order valence-electron chi connectivity index (χ3n) is 2.96. The molecule has 1 atom stereocenters. The standard InChI is InChI=1S/C13H25N3/c1-3-4-5-6-7-8-9-16-11-15-10-13(16)12(2)14/h10-12H,3-9,14H2,1-2H3/t12-/m1/s1. The van der Waals surface area contributed by atoms with E-state index in [-0.39, 0.29) is 6.04 Å². The predicted octanol–water partition coefficient (Wildman–Crippen LogP) is 3.26. The molecule has 92 valence electrons. The summed E-state index contributed by atoms with van der Waals surface area (Å²) in [5.74, 6) is 0. The molecular formula is C13H25N3. The Bertz CT molecular complexity index is 278. The van der Waals surface area contributed by atoms with E-state index in [1.165, 1.54) is 38.5 Å². The van der Waals surface area contributed by atoms with Gasteiger partial charge in [-0.2, -0.15) is 0 Å². The summed E-state index contributed by atoms with van der Waals surface area (Å²) in [6, 6.07) is 0.0857. The third kappa shape index (κ3) is 4.35. The lowest BCUT2D eigenvalue weighted by atomic mass is 10.1. The van der Waals surface area contributed by atoms with Crippen LogP contribution in [0.15, 0.2) is 12.5 Å². The minimum absolute atomic E-state index is 0.0857. The van der Waals surface area contributed by atoms with Crippen molar-refractivity contribution in [1.82, 2.24) is 9.55 Å². The largest absolute Gasteiger partial charge is 0.333 e. The van der Waals surface area contributed by atoms with E-state index < -0.39 is 0 Å². The zero-order chi connectivity index (χ0) is 11.8. The number of nitrogens with zero attached hydrogens (tertiary/aromatic N) is 2. The average molecular weight is 223 g/mol. The van der Waals surface area contributed by atoms with Gasteiger partial charge in [0.2, 0.25) is 0 Å². The van der Waals surface area contributed by atoms with Crippen LogP contribution in [-0.2, 0) is 6.54 Å². The summed E-state index contributed by atoms with van der Waals surface area (Å²) in [6.07, 6.45) is 11.7. The summed E-state index contributed by atoms with van der Waals surface area (Å²) >= 11 is 0. The van der Waals surface area contributed by atoms with E-state index in [1.54, 1.807) is 0 Å². The minimum atomic E-state index is 0.0857. The Morgan fingerprint density at radius 2 is 1.94 bits per heavy atom. The van der Waals surface area contributed by atoms with Crippen molar-refractivity contribution < 1.29 is 0 Å². The number of hydrogen-bond donors (Lipinski definition) is 1. The van der Waals surface area contributed by atoms with Crippen molar-refractivity contribution in [2.24, 2.45) is 5.73 Å². The maximum absolute atomic E-state index is 5.87. The molecule has 2 N–H and O–H groups in total. The van der Waals surface area contributed by atoms with Gasteiger partial charge in [-0.25, -0.2) is 4.98 Å². The van der Waals surface area contributed by atoms with Crippen LogP contribution in [-0.4, -0.2) is 9.55 Å². The average Bonchev–Trinajstić information content (AvgIpc) is 2.71. The fraction of sp³-hybridized carbons (Fsp3) is 0.769. The van der Waals surface area contributed by atoms with Crippen molar-refractivity contribution >= 4 is 0 Å². The van der Waals surface area contributed by atoms with Crippen molar-refractivity contribution in [3.05, 3.63) is 18.2 Å². The highest BCUT2D eigenvalue weighted by molar-refractivity contribution is 5.02. The van der Waals surface area contributed by atoms with Crippen LogP contribution in [0, 0.1) is 0 Å². The summed E-state index contributed by atoms with van der Waals surface area (Å²) in [6.45, 7) is 5.32. The van der Waals surface area contributed by atoms with Gasteiger partial charge < -0.3 is 10.3 Å². The molecule has 1 rings (SSSR count).